The Bertz CT molecular complexity index is 1020. The number of nitriles is 1. The Morgan fingerprint density at radius 1 is 1.07 bits per heavy atom. The molecule has 1 N–H and O–H groups in total. The van der Waals surface area contributed by atoms with E-state index in [0.717, 1.165) is 30.9 Å². The molecule has 0 saturated carbocycles. The molecule has 0 atom stereocenters. The van der Waals surface area contributed by atoms with Crippen LogP contribution in [0.3, 0.4) is 0 Å². The predicted molar refractivity (Wildman–Crippen MR) is 103 cm³/mol. The number of hydrogen-bond acceptors (Lipinski definition) is 5. The fraction of sp³-hybridized carbons (Fsp3) is 0.143. The van der Waals surface area contributed by atoms with Gasteiger partial charge >= 0.3 is 0 Å². The van der Waals surface area contributed by atoms with Crippen LogP contribution < -0.4 is 10.2 Å². The van der Waals surface area contributed by atoms with E-state index in [-0.39, 0.29) is 5.69 Å². The van der Waals surface area contributed by atoms with E-state index in [4.69, 9.17) is 5.26 Å². The second kappa shape index (κ2) is 7.26. The summed E-state index contributed by atoms with van der Waals surface area (Å²) in [4.78, 5) is 23.3. The van der Waals surface area contributed by atoms with Crippen molar-refractivity contribution < 1.29 is 4.79 Å². The fourth-order valence-corrected chi connectivity index (χ4v) is 3.23. The Kier molecular flexibility index (Phi) is 4.50. The number of rotatable bonds is 3. The van der Waals surface area contributed by atoms with Crippen molar-refractivity contribution in [3.8, 4) is 6.07 Å². The standard InChI is InChI=1S/C21H17N5O/c22-12-16-7-1-3-9-17(16)25-21(27)18-13-24-20(14-23-18)26-11-5-8-15-6-2-4-10-19(15)26/h1-4,6-7,9-10,13-14H,5,8,11H2,(H,25,27). The quantitative estimate of drug-likeness (QED) is 0.775. The third kappa shape index (κ3) is 3.35. The highest BCUT2D eigenvalue weighted by Gasteiger charge is 2.19. The molecule has 0 radical (unpaired) electrons. The SMILES string of the molecule is N#Cc1ccccc1NC(=O)c1cnc(N2CCCc3ccccc32)cn1. The molecule has 2 aromatic carbocycles. The summed E-state index contributed by atoms with van der Waals surface area (Å²) in [6, 6.07) is 17.2. The first-order valence-corrected chi connectivity index (χ1v) is 8.74. The molecule has 0 fully saturated rings. The Morgan fingerprint density at radius 2 is 1.89 bits per heavy atom. The molecule has 0 saturated heterocycles. The number of nitrogens with zero attached hydrogens (tertiary/aromatic N) is 4. The van der Waals surface area contributed by atoms with Gasteiger partial charge in [0.2, 0.25) is 0 Å². The van der Waals surface area contributed by atoms with Gasteiger partial charge in [0, 0.05) is 12.2 Å². The number of carbonyl (C=O) groups is 1. The zero-order valence-electron chi connectivity index (χ0n) is 14.6. The van der Waals surface area contributed by atoms with Gasteiger partial charge in [-0.15, -0.1) is 0 Å². The first kappa shape index (κ1) is 16.7. The lowest BCUT2D eigenvalue weighted by Gasteiger charge is -2.30. The van der Waals surface area contributed by atoms with E-state index in [9.17, 15) is 4.79 Å². The molecule has 4 rings (SSSR count). The van der Waals surface area contributed by atoms with Crippen molar-refractivity contribution in [2.75, 3.05) is 16.8 Å². The summed E-state index contributed by atoms with van der Waals surface area (Å²) in [5.74, 6) is 0.326. The van der Waals surface area contributed by atoms with Gasteiger partial charge in [-0.05, 0) is 36.6 Å². The van der Waals surface area contributed by atoms with E-state index in [1.54, 1.807) is 30.5 Å². The number of aryl methyl sites for hydroxylation is 1. The molecule has 6 nitrogen and oxygen atoms in total. The summed E-state index contributed by atoms with van der Waals surface area (Å²) in [5.41, 5.74) is 3.50. The molecule has 0 bridgehead atoms. The summed E-state index contributed by atoms with van der Waals surface area (Å²) >= 11 is 0. The van der Waals surface area contributed by atoms with Crippen molar-refractivity contribution in [3.63, 3.8) is 0 Å². The van der Waals surface area contributed by atoms with Gasteiger partial charge in [-0.3, -0.25) is 4.79 Å². The zero-order valence-corrected chi connectivity index (χ0v) is 14.6. The highest BCUT2D eigenvalue weighted by atomic mass is 16.1. The Hall–Kier alpha value is -3.72. The molecule has 1 amide bonds. The maximum Gasteiger partial charge on any atom is 0.275 e. The molecular formula is C21H17N5O. The van der Waals surface area contributed by atoms with Gasteiger partial charge in [0.1, 0.15) is 11.8 Å². The van der Waals surface area contributed by atoms with Crippen molar-refractivity contribution in [1.29, 1.82) is 5.26 Å². The molecule has 0 spiro atoms. The number of amides is 1. The molecule has 1 aliphatic rings. The van der Waals surface area contributed by atoms with Crippen molar-refractivity contribution >= 4 is 23.1 Å². The van der Waals surface area contributed by atoms with Gasteiger partial charge < -0.3 is 10.2 Å². The van der Waals surface area contributed by atoms with Crippen molar-refractivity contribution in [2.24, 2.45) is 0 Å². The molecule has 132 valence electrons. The van der Waals surface area contributed by atoms with Crippen molar-refractivity contribution in [2.45, 2.75) is 12.8 Å². The first-order valence-electron chi connectivity index (χ1n) is 8.74. The second-order valence-electron chi connectivity index (χ2n) is 6.26. The lowest BCUT2D eigenvalue weighted by atomic mass is 10.0. The highest BCUT2D eigenvalue weighted by Crippen LogP contribution is 2.31. The molecule has 27 heavy (non-hydrogen) atoms. The molecule has 0 unspecified atom stereocenters. The minimum atomic E-state index is -0.393. The second-order valence-corrected chi connectivity index (χ2v) is 6.26. The molecule has 0 aliphatic carbocycles. The van der Waals surface area contributed by atoms with Crippen LogP contribution in [0.1, 0.15) is 28.0 Å². The smallest absolute Gasteiger partial charge is 0.275 e. The summed E-state index contributed by atoms with van der Waals surface area (Å²) in [5, 5.41) is 11.8. The Morgan fingerprint density at radius 3 is 2.70 bits per heavy atom. The van der Waals surface area contributed by atoms with Crippen LogP contribution in [-0.4, -0.2) is 22.4 Å². The van der Waals surface area contributed by atoms with Crippen LogP contribution in [0.15, 0.2) is 60.9 Å². The number of aromatic nitrogens is 2. The molecule has 3 aromatic rings. The van der Waals surface area contributed by atoms with Crippen LogP contribution in [0.2, 0.25) is 0 Å². The maximum atomic E-state index is 12.4. The topological polar surface area (TPSA) is 81.9 Å². The van der Waals surface area contributed by atoms with Crippen LogP contribution >= 0.6 is 0 Å². The van der Waals surface area contributed by atoms with Gasteiger partial charge in [0.05, 0.1) is 23.6 Å². The van der Waals surface area contributed by atoms with Gasteiger partial charge in [0.15, 0.2) is 5.82 Å². The number of hydrogen-bond donors (Lipinski definition) is 1. The van der Waals surface area contributed by atoms with Crippen LogP contribution in [0.5, 0.6) is 0 Å². The van der Waals surface area contributed by atoms with E-state index in [2.05, 4.69) is 38.4 Å². The van der Waals surface area contributed by atoms with Crippen LogP contribution in [0, 0.1) is 11.3 Å². The third-order valence-corrected chi connectivity index (χ3v) is 4.55. The number of fused-ring (bicyclic) bond motifs is 1. The van der Waals surface area contributed by atoms with Crippen LogP contribution in [0.4, 0.5) is 17.2 Å². The number of carbonyl (C=O) groups excluding carboxylic acids is 1. The minimum absolute atomic E-state index is 0.205. The first-order chi connectivity index (χ1) is 13.3. The predicted octanol–water partition coefficient (Wildman–Crippen LogP) is 3.68. The van der Waals surface area contributed by atoms with Gasteiger partial charge in [-0.2, -0.15) is 5.26 Å². The fourth-order valence-electron chi connectivity index (χ4n) is 3.23. The molecule has 6 heteroatoms. The number of para-hydroxylation sites is 2. The maximum absolute atomic E-state index is 12.4. The van der Waals surface area contributed by atoms with Gasteiger partial charge in [-0.25, -0.2) is 9.97 Å². The summed E-state index contributed by atoms with van der Waals surface area (Å²) in [6.07, 6.45) is 5.19. The lowest BCUT2D eigenvalue weighted by Crippen LogP contribution is -2.25. The zero-order chi connectivity index (χ0) is 18.6. The monoisotopic (exact) mass is 355 g/mol. The van der Waals surface area contributed by atoms with E-state index >= 15 is 0 Å². The highest BCUT2D eigenvalue weighted by molar-refractivity contribution is 6.03. The number of anilines is 3. The van der Waals surface area contributed by atoms with Crippen LogP contribution in [0.25, 0.3) is 0 Å². The molecule has 1 aromatic heterocycles. The van der Waals surface area contributed by atoms with E-state index < -0.39 is 5.91 Å². The summed E-state index contributed by atoms with van der Waals surface area (Å²) < 4.78 is 0. The average molecular weight is 355 g/mol. The molecular weight excluding hydrogens is 338 g/mol. The third-order valence-electron chi connectivity index (χ3n) is 4.55. The normalized spacial score (nSPS) is 12.8. The average Bonchev–Trinajstić information content (AvgIpc) is 2.74. The van der Waals surface area contributed by atoms with Crippen molar-refractivity contribution in [1.82, 2.24) is 9.97 Å². The van der Waals surface area contributed by atoms with Gasteiger partial charge in [0.25, 0.3) is 5.91 Å². The summed E-state index contributed by atoms with van der Waals surface area (Å²) in [6.45, 7) is 0.868. The van der Waals surface area contributed by atoms with Crippen molar-refractivity contribution in [3.05, 3.63) is 77.7 Å². The lowest BCUT2D eigenvalue weighted by molar-refractivity contribution is 0.102. The minimum Gasteiger partial charge on any atom is -0.325 e. The Labute approximate surface area is 157 Å². The summed E-state index contributed by atoms with van der Waals surface area (Å²) in [7, 11) is 0. The number of benzene rings is 2. The van der Waals surface area contributed by atoms with E-state index in [1.165, 1.54) is 11.8 Å². The van der Waals surface area contributed by atoms with Gasteiger partial charge in [-0.1, -0.05) is 30.3 Å². The Balaban J connectivity index is 1.55. The van der Waals surface area contributed by atoms with E-state index in [0.29, 0.717) is 11.3 Å². The molecule has 1 aliphatic heterocycles. The molecule has 2 heterocycles. The van der Waals surface area contributed by atoms with Crippen LogP contribution in [-0.2, 0) is 6.42 Å². The number of nitrogens with one attached hydrogen (secondary N) is 1. The van der Waals surface area contributed by atoms with E-state index in [1.807, 2.05) is 12.1 Å². The largest absolute Gasteiger partial charge is 0.325 e.